The molecule has 1 N–H and O–H groups in total. The third kappa shape index (κ3) is 2.93. The highest BCUT2D eigenvalue weighted by Gasteiger charge is 2.22. The van der Waals surface area contributed by atoms with E-state index in [-0.39, 0.29) is 5.82 Å². The molecule has 1 unspecified atom stereocenters. The molecule has 0 saturated carbocycles. The molecule has 110 valence electrons. The number of hydrogen-bond acceptors (Lipinski definition) is 2. The molecular formula is C18H20FNO. The van der Waals surface area contributed by atoms with E-state index in [0.29, 0.717) is 6.54 Å². The van der Waals surface area contributed by atoms with Gasteiger partial charge in [-0.15, -0.1) is 0 Å². The number of benzene rings is 2. The van der Waals surface area contributed by atoms with Gasteiger partial charge in [0.2, 0.25) is 0 Å². The Kier molecular flexibility index (Phi) is 3.93. The Hall–Kier alpha value is -1.87. The van der Waals surface area contributed by atoms with Crippen molar-refractivity contribution in [2.45, 2.75) is 25.9 Å². The molecule has 0 aliphatic carbocycles. The molecule has 3 rings (SSSR count). The van der Waals surface area contributed by atoms with Crippen molar-refractivity contribution in [2.24, 2.45) is 0 Å². The summed E-state index contributed by atoms with van der Waals surface area (Å²) in [6.45, 7) is 3.45. The van der Waals surface area contributed by atoms with Gasteiger partial charge in [-0.1, -0.05) is 37.3 Å². The van der Waals surface area contributed by atoms with Crippen LogP contribution in [0.25, 0.3) is 0 Å². The minimum absolute atomic E-state index is 0.220. The maximum Gasteiger partial charge on any atom is 0.125 e. The first kappa shape index (κ1) is 14.1. The molecule has 21 heavy (non-hydrogen) atoms. The van der Waals surface area contributed by atoms with E-state index in [1.807, 2.05) is 18.2 Å². The number of anilines is 1. The van der Waals surface area contributed by atoms with Crippen LogP contribution in [0.1, 0.15) is 29.7 Å². The van der Waals surface area contributed by atoms with Crippen LogP contribution >= 0.6 is 0 Å². The molecule has 1 aliphatic rings. The van der Waals surface area contributed by atoms with Gasteiger partial charge in [0.15, 0.2) is 0 Å². The first-order valence-corrected chi connectivity index (χ1v) is 7.47. The van der Waals surface area contributed by atoms with E-state index in [1.165, 1.54) is 11.6 Å². The van der Waals surface area contributed by atoms with Crippen LogP contribution in [0.4, 0.5) is 10.1 Å². The molecular weight excluding hydrogens is 265 g/mol. The second-order valence-corrected chi connectivity index (χ2v) is 5.58. The molecule has 1 aliphatic heterocycles. The summed E-state index contributed by atoms with van der Waals surface area (Å²) < 4.78 is 13.4. The van der Waals surface area contributed by atoms with E-state index in [2.05, 4.69) is 24.0 Å². The van der Waals surface area contributed by atoms with Crippen LogP contribution in [0, 0.1) is 5.82 Å². The zero-order chi connectivity index (χ0) is 14.8. The van der Waals surface area contributed by atoms with Crippen molar-refractivity contribution in [2.75, 3.05) is 18.0 Å². The normalized spacial score (nSPS) is 15.1. The smallest absolute Gasteiger partial charge is 0.125 e. The first-order valence-electron chi connectivity index (χ1n) is 7.47. The number of β-amino-alcohol motifs (C(OH)–C–C–N with tert-alkyl or cyclic N) is 1. The van der Waals surface area contributed by atoms with Crippen LogP contribution in [0.5, 0.6) is 0 Å². The summed E-state index contributed by atoms with van der Waals surface area (Å²) in [4.78, 5) is 2.07. The van der Waals surface area contributed by atoms with Crippen LogP contribution in [-0.2, 0) is 12.8 Å². The number of hydrogen-bond donors (Lipinski definition) is 1. The number of halogens is 1. The topological polar surface area (TPSA) is 23.5 Å². The van der Waals surface area contributed by atoms with Gasteiger partial charge in [0.25, 0.3) is 0 Å². The molecule has 0 aromatic heterocycles. The fourth-order valence-corrected chi connectivity index (χ4v) is 2.90. The molecule has 2 aromatic rings. The highest BCUT2D eigenvalue weighted by Crippen LogP contribution is 2.30. The summed E-state index contributed by atoms with van der Waals surface area (Å²) in [6.07, 6.45) is 1.36. The van der Waals surface area contributed by atoms with Crippen molar-refractivity contribution in [3.8, 4) is 0 Å². The standard InChI is InChI=1S/C18H20FNO/c1-2-13-3-5-15(6-4-13)18(21)12-20-10-9-14-7-8-16(19)11-17(14)20/h3-8,11,18,21H,2,9-10,12H2,1H3. The summed E-state index contributed by atoms with van der Waals surface area (Å²) in [6, 6.07) is 13.0. The molecule has 2 nitrogen and oxygen atoms in total. The van der Waals surface area contributed by atoms with Crippen molar-refractivity contribution in [3.63, 3.8) is 0 Å². The second-order valence-electron chi connectivity index (χ2n) is 5.58. The molecule has 0 spiro atoms. The Morgan fingerprint density at radius 2 is 1.95 bits per heavy atom. The number of nitrogens with zero attached hydrogens (tertiary/aromatic N) is 1. The lowest BCUT2D eigenvalue weighted by Gasteiger charge is -2.23. The predicted octanol–water partition coefficient (Wildman–Crippen LogP) is 3.48. The average Bonchev–Trinajstić information content (AvgIpc) is 2.89. The average molecular weight is 285 g/mol. The summed E-state index contributed by atoms with van der Waals surface area (Å²) >= 11 is 0. The summed E-state index contributed by atoms with van der Waals surface area (Å²) in [5.74, 6) is -0.220. The van der Waals surface area contributed by atoms with Gasteiger partial charge >= 0.3 is 0 Å². The van der Waals surface area contributed by atoms with Crippen molar-refractivity contribution in [1.29, 1.82) is 0 Å². The molecule has 0 saturated heterocycles. The van der Waals surface area contributed by atoms with Gasteiger partial charge in [-0.3, -0.25) is 0 Å². The SMILES string of the molecule is CCc1ccc(C(O)CN2CCc3ccc(F)cc32)cc1. The van der Waals surface area contributed by atoms with E-state index < -0.39 is 6.10 Å². The van der Waals surface area contributed by atoms with Gasteiger partial charge in [0, 0.05) is 18.8 Å². The van der Waals surface area contributed by atoms with Gasteiger partial charge < -0.3 is 10.0 Å². The molecule has 2 aromatic carbocycles. The number of aliphatic hydroxyl groups excluding tert-OH is 1. The number of rotatable bonds is 4. The highest BCUT2D eigenvalue weighted by molar-refractivity contribution is 5.58. The summed E-state index contributed by atoms with van der Waals surface area (Å²) in [5, 5.41) is 10.4. The van der Waals surface area contributed by atoms with Crippen LogP contribution in [-0.4, -0.2) is 18.2 Å². The maximum absolute atomic E-state index is 13.4. The van der Waals surface area contributed by atoms with Crippen LogP contribution in [0.15, 0.2) is 42.5 Å². The Morgan fingerprint density at radius 1 is 1.19 bits per heavy atom. The third-order valence-corrected chi connectivity index (χ3v) is 4.21. The molecule has 3 heteroatoms. The third-order valence-electron chi connectivity index (χ3n) is 4.21. The molecule has 1 heterocycles. The maximum atomic E-state index is 13.4. The fourth-order valence-electron chi connectivity index (χ4n) is 2.90. The van der Waals surface area contributed by atoms with Crippen LogP contribution < -0.4 is 4.90 Å². The lowest BCUT2D eigenvalue weighted by molar-refractivity contribution is 0.184. The Morgan fingerprint density at radius 3 is 2.67 bits per heavy atom. The first-order chi connectivity index (χ1) is 10.2. The van der Waals surface area contributed by atoms with E-state index in [9.17, 15) is 9.50 Å². The van der Waals surface area contributed by atoms with Gasteiger partial charge in [-0.05, 0) is 41.7 Å². The minimum atomic E-state index is -0.551. The highest BCUT2D eigenvalue weighted by atomic mass is 19.1. The Bertz CT molecular complexity index is 624. The Labute approximate surface area is 124 Å². The van der Waals surface area contributed by atoms with E-state index >= 15 is 0 Å². The largest absolute Gasteiger partial charge is 0.387 e. The molecule has 0 bridgehead atoms. The molecule has 1 atom stereocenters. The van der Waals surface area contributed by atoms with Gasteiger partial charge in [0.05, 0.1) is 6.10 Å². The second kappa shape index (κ2) is 5.86. The zero-order valence-corrected chi connectivity index (χ0v) is 12.2. The minimum Gasteiger partial charge on any atom is -0.387 e. The molecule has 0 radical (unpaired) electrons. The van der Waals surface area contributed by atoms with Gasteiger partial charge in [-0.25, -0.2) is 4.39 Å². The predicted molar refractivity (Wildman–Crippen MR) is 83.1 cm³/mol. The molecule has 0 amide bonds. The zero-order valence-electron chi connectivity index (χ0n) is 12.2. The van der Waals surface area contributed by atoms with Crippen molar-refractivity contribution < 1.29 is 9.50 Å². The quantitative estimate of drug-likeness (QED) is 0.929. The fraction of sp³-hybridized carbons (Fsp3) is 0.333. The van der Waals surface area contributed by atoms with Crippen molar-refractivity contribution >= 4 is 5.69 Å². The monoisotopic (exact) mass is 285 g/mol. The number of fused-ring (bicyclic) bond motifs is 1. The van der Waals surface area contributed by atoms with Crippen molar-refractivity contribution in [3.05, 3.63) is 65.0 Å². The lowest BCUT2D eigenvalue weighted by Crippen LogP contribution is -2.26. The summed E-state index contributed by atoms with van der Waals surface area (Å²) in [5.41, 5.74) is 4.25. The number of aliphatic hydroxyl groups is 1. The van der Waals surface area contributed by atoms with E-state index in [4.69, 9.17) is 0 Å². The molecule has 0 fully saturated rings. The Balaban J connectivity index is 1.74. The van der Waals surface area contributed by atoms with E-state index in [1.54, 1.807) is 6.07 Å². The number of aryl methyl sites for hydroxylation is 1. The summed E-state index contributed by atoms with van der Waals surface area (Å²) in [7, 11) is 0. The van der Waals surface area contributed by atoms with Gasteiger partial charge in [-0.2, -0.15) is 0 Å². The van der Waals surface area contributed by atoms with E-state index in [0.717, 1.165) is 36.2 Å². The van der Waals surface area contributed by atoms with Gasteiger partial charge in [0.1, 0.15) is 5.82 Å². The van der Waals surface area contributed by atoms with Crippen molar-refractivity contribution in [1.82, 2.24) is 0 Å². The van der Waals surface area contributed by atoms with Crippen LogP contribution in [0.2, 0.25) is 0 Å². The lowest BCUT2D eigenvalue weighted by atomic mass is 10.1. The van der Waals surface area contributed by atoms with Crippen LogP contribution in [0.3, 0.4) is 0 Å².